The first-order valence-electron chi connectivity index (χ1n) is 6.32. The molecule has 0 aromatic rings. The van der Waals surface area contributed by atoms with Gasteiger partial charge in [0.1, 0.15) is 0 Å². The molecule has 0 saturated heterocycles. The molecule has 0 unspecified atom stereocenters. The summed E-state index contributed by atoms with van der Waals surface area (Å²) < 4.78 is 0. The smallest absolute Gasteiger partial charge is 0.0108 e. The molecule has 2 heteroatoms. The van der Waals surface area contributed by atoms with Gasteiger partial charge in [0, 0.05) is 19.1 Å². The molecule has 1 rings (SSSR count). The largest absolute Gasteiger partial charge is 0.329 e. The Morgan fingerprint density at radius 1 is 1.14 bits per heavy atom. The SMILES string of the molecule is CCCCCN(CCN)C1CCCC1. The molecule has 0 heterocycles. The number of nitrogens with two attached hydrogens (primary N) is 1. The molecule has 0 atom stereocenters. The third-order valence-corrected chi connectivity index (χ3v) is 3.31. The van der Waals surface area contributed by atoms with Crippen LogP contribution in [0.2, 0.25) is 0 Å². The van der Waals surface area contributed by atoms with E-state index in [-0.39, 0.29) is 0 Å². The first kappa shape index (κ1) is 12.0. The fourth-order valence-corrected chi connectivity index (χ4v) is 2.48. The standard InChI is InChI=1S/C12H26N2/c1-2-3-6-10-14(11-9-13)12-7-4-5-8-12/h12H,2-11,13H2,1H3. The minimum absolute atomic E-state index is 0.822. The zero-order valence-corrected chi connectivity index (χ0v) is 9.67. The number of rotatable bonds is 7. The van der Waals surface area contributed by atoms with Gasteiger partial charge in [0.25, 0.3) is 0 Å². The summed E-state index contributed by atoms with van der Waals surface area (Å²) in [6.45, 7) is 5.47. The van der Waals surface area contributed by atoms with Gasteiger partial charge in [0.05, 0.1) is 0 Å². The van der Waals surface area contributed by atoms with Crippen molar-refractivity contribution in [3.63, 3.8) is 0 Å². The van der Waals surface area contributed by atoms with E-state index in [0.29, 0.717) is 0 Å². The molecule has 1 saturated carbocycles. The van der Waals surface area contributed by atoms with Crippen LogP contribution in [0, 0.1) is 0 Å². The molecule has 84 valence electrons. The molecule has 0 spiro atoms. The highest BCUT2D eigenvalue weighted by Crippen LogP contribution is 2.23. The molecule has 0 radical (unpaired) electrons. The molecule has 0 bridgehead atoms. The molecule has 1 aliphatic rings. The van der Waals surface area contributed by atoms with Crippen LogP contribution in [0.4, 0.5) is 0 Å². The summed E-state index contributed by atoms with van der Waals surface area (Å²) in [4.78, 5) is 2.63. The highest BCUT2D eigenvalue weighted by Gasteiger charge is 2.21. The molecule has 1 aliphatic carbocycles. The molecule has 14 heavy (non-hydrogen) atoms. The Morgan fingerprint density at radius 3 is 2.43 bits per heavy atom. The van der Waals surface area contributed by atoms with Gasteiger partial charge in [-0.2, -0.15) is 0 Å². The maximum atomic E-state index is 5.66. The van der Waals surface area contributed by atoms with Gasteiger partial charge in [-0.1, -0.05) is 32.6 Å². The Hall–Kier alpha value is -0.0800. The molecule has 0 aromatic carbocycles. The van der Waals surface area contributed by atoms with E-state index >= 15 is 0 Å². The average molecular weight is 198 g/mol. The monoisotopic (exact) mass is 198 g/mol. The normalized spacial score (nSPS) is 18.2. The number of unbranched alkanes of at least 4 members (excludes halogenated alkanes) is 2. The fraction of sp³-hybridized carbons (Fsp3) is 1.00. The molecular formula is C12H26N2. The van der Waals surface area contributed by atoms with Gasteiger partial charge in [0.2, 0.25) is 0 Å². The van der Waals surface area contributed by atoms with E-state index in [0.717, 1.165) is 19.1 Å². The van der Waals surface area contributed by atoms with Crippen molar-refractivity contribution in [1.29, 1.82) is 0 Å². The average Bonchev–Trinajstić information content (AvgIpc) is 2.70. The van der Waals surface area contributed by atoms with Crippen LogP contribution in [0.1, 0.15) is 51.9 Å². The van der Waals surface area contributed by atoms with Crippen LogP contribution in [0.25, 0.3) is 0 Å². The molecule has 2 N–H and O–H groups in total. The van der Waals surface area contributed by atoms with Crippen LogP contribution in [-0.2, 0) is 0 Å². The van der Waals surface area contributed by atoms with Gasteiger partial charge in [-0.3, -0.25) is 4.90 Å². The summed E-state index contributed by atoms with van der Waals surface area (Å²) in [5.74, 6) is 0. The van der Waals surface area contributed by atoms with Crippen molar-refractivity contribution < 1.29 is 0 Å². The van der Waals surface area contributed by atoms with Gasteiger partial charge < -0.3 is 5.73 Å². The summed E-state index contributed by atoms with van der Waals surface area (Å²) in [5.41, 5.74) is 5.66. The molecule has 0 aliphatic heterocycles. The van der Waals surface area contributed by atoms with Crippen LogP contribution < -0.4 is 5.73 Å². The summed E-state index contributed by atoms with van der Waals surface area (Å²) in [7, 11) is 0. The van der Waals surface area contributed by atoms with Crippen molar-refractivity contribution in [3.05, 3.63) is 0 Å². The molecule has 1 fully saturated rings. The fourth-order valence-electron chi connectivity index (χ4n) is 2.48. The minimum Gasteiger partial charge on any atom is -0.329 e. The van der Waals surface area contributed by atoms with Crippen LogP contribution in [-0.4, -0.2) is 30.6 Å². The van der Waals surface area contributed by atoms with E-state index in [1.807, 2.05) is 0 Å². The van der Waals surface area contributed by atoms with Gasteiger partial charge in [-0.05, 0) is 25.8 Å². The van der Waals surface area contributed by atoms with E-state index in [1.165, 1.54) is 51.5 Å². The maximum absolute atomic E-state index is 5.66. The second kappa shape index (κ2) is 7.24. The van der Waals surface area contributed by atoms with Gasteiger partial charge in [0.15, 0.2) is 0 Å². The lowest BCUT2D eigenvalue weighted by Gasteiger charge is -2.28. The van der Waals surface area contributed by atoms with E-state index in [1.54, 1.807) is 0 Å². The van der Waals surface area contributed by atoms with Crippen LogP contribution in [0.5, 0.6) is 0 Å². The topological polar surface area (TPSA) is 29.3 Å². The Labute approximate surface area is 88.8 Å². The molecule has 0 aromatic heterocycles. The number of hydrogen-bond acceptors (Lipinski definition) is 2. The van der Waals surface area contributed by atoms with Gasteiger partial charge in [-0.15, -0.1) is 0 Å². The van der Waals surface area contributed by atoms with Gasteiger partial charge >= 0.3 is 0 Å². The van der Waals surface area contributed by atoms with Crippen molar-refractivity contribution in [2.24, 2.45) is 5.73 Å². The van der Waals surface area contributed by atoms with E-state index in [4.69, 9.17) is 5.73 Å². The lowest BCUT2D eigenvalue weighted by molar-refractivity contribution is 0.200. The Bertz CT molecular complexity index is 130. The van der Waals surface area contributed by atoms with E-state index < -0.39 is 0 Å². The van der Waals surface area contributed by atoms with E-state index in [9.17, 15) is 0 Å². The minimum atomic E-state index is 0.822. The third kappa shape index (κ3) is 3.97. The summed E-state index contributed by atoms with van der Waals surface area (Å²) in [6.07, 6.45) is 9.72. The van der Waals surface area contributed by atoms with Crippen LogP contribution in [0.15, 0.2) is 0 Å². The Balaban J connectivity index is 2.22. The van der Waals surface area contributed by atoms with Crippen molar-refractivity contribution >= 4 is 0 Å². The molecule has 0 amide bonds. The predicted molar refractivity (Wildman–Crippen MR) is 62.4 cm³/mol. The lowest BCUT2D eigenvalue weighted by Crippen LogP contribution is -2.37. The van der Waals surface area contributed by atoms with Crippen molar-refractivity contribution in [2.75, 3.05) is 19.6 Å². The first-order valence-corrected chi connectivity index (χ1v) is 6.32. The quantitative estimate of drug-likeness (QED) is 0.636. The second-order valence-electron chi connectivity index (χ2n) is 4.47. The third-order valence-electron chi connectivity index (χ3n) is 3.31. The van der Waals surface area contributed by atoms with Crippen molar-refractivity contribution in [3.8, 4) is 0 Å². The van der Waals surface area contributed by atoms with Crippen molar-refractivity contribution in [1.82, 2.24) is 4.90 Å². The summed E-state index contributed by atoms with van der Waals surface area (Å²) in [6, 6.07) is 0.857. The lowest BCUT2D eigenvalue weighted by atomic mass is 10.1. The Kier molecular flexibility index (Phi) is 6.20. The maximum Gasteiger partial charge on any atom is 0.0108 e. The zero-order valence-electron chi connectivity index (χ0n) is 9.67. The van der Waals surface area contributed by atoms with E-state index in [2.05, 4.69) is 11.8 Å². The van der Waals surface area contributed by atoms with Crippen LogP contribution in [0.3, 0.4) is 0 Å². The number of nitrogens with zero attached hydrogens (tertiary/aromatic N) is 1. The summed E-state index contributed by atoms with van der Waals surface area (Å²) >= 11 is 0. The highest BCUT2D eigenvalue weighted by molar-refractivity contribution is 4.77. The highest BCUT2D eigenvalue weighted by atomic mass is 15.2. The summed E-state index contributed by atoms with van der Waals surface area (Å²) in [5, 5.41) is 0. The van der Waals surface area contributed by atoms with Crippen molar-refractivity contribution in [2.45, 2.75) is 57.9 Å². The van der Waals surface area contributed by atoms with Gasteiger partial charge in [-0.25, -0.2) is 0 Å². The molecule has 2 nitrogen and oxygen atoms in total. The Morgan fingerprint density at radius 2 is 1.86 bits per heavy atom. The predicted octanol–water partition coefficient (Wildman–Crippen LogP) is 2.38. The first-order chi connectivity index (χ1) is 6.88. The zero-order chi connectivity index (χ0) is 10.2. The van der Waals surface area contributed by atoms with Crippen LogP contribution >= 0.6 is 0 Å². The second-order valence-corrected chi connectivity index (χ2v) is 4.47. The molecular weight excluding hydrogens is 172 g/mol. The number of hydrogen-bond donors (Lipinski definition) is 1.